The Morgan fingerprint density at radius 3 is 2.21 bits per heavy atom. The summed E-state index contributed by atoms with van der Waals surface area (Å²) in [7, 11) is 0. The number of carbonyl (C=O) groups is 1. The van der Waals surface area contributed by atoms with Crippen LogP contribution in [0, 0.1) is 5.92 Å². The molecular weight excluding hydrogens is 172 g/mol. The van der Waals surface area contributed by atoms with Gasteiger partial charge in [0, 0.05) is 12.8 Å². The van der Waals surface area contributed by atoms with Gasteiger partial charge in [-0.05, 0) is 12.3 Å². The summed E-state index contributed by atoms with van der Waals surface area (Å²) in [6, 6.07) is 0. The highest BCUT2D eigenvalue weighted by molar-refractivity contribution is 5.77. The molecule has 1 nitrogen and oxygen atoms in total. The maximum absolute atomic E-state index is 11.1. The van der Waals surface area contributed by atoms with Crippen LogP contribution in [-0.4, -0.2) is 5.78 Å². The number of rotatable bonds is 4. The standard InChI is InChI=1S/C11H20O.C2H6/c1-2-11(12)9-8-10-6-4-3-5-7-10;1-2/h10H,2-9H2,1H3;1-2H3. The molecule has 1 aliphatic carbocycles. The Morgan fingerprint density at radius 2 is 1.71 bits per heavy atom. The average Bonchev–Trinajstić information content (AvgIpc) is 2.30. The van der Waals surface area contributed by atoms with Crippen LogP contribution in [0.3, 0.4) is 0 Å². The summed E-state index contributed by atoms with van der Waals surface area (Å²) >= 11 is 0. The fourth-order valence-electron chi connectivity index (χ4n) is 2.02. The number of ketones is 1. The summed E-state index contributed by atoms with van der Waals surface area (Å²) in [5.41, 5.74) is 0. The molecule has 0 aromatic carbocycles. The van der Waals surface area contributed by atoms with Crippen molar-refractivity contribution in [2.75, 3.05) is 0 Å². The zero-order valence-electron chi connectivity index (χ0n) is 10.1. The lowest BCUT2D eigenvalue weighted by molar-refractivity contribution is -0.119. The summed E-state index contributed by atoms with van der Waals surface area (Å²) in [6.07, 6.45) is 9.67. The van der Waals surface area contributed by atoms with Crippen molar-refractivity contribution >= 4 is 5.78 Å². The molecule has 0 N–H and O–H groups in total. The Bertz CT molecular complexity index is 134. The highest BCUT2D eigenvalue weighted by atomic mass is 16.1. The Kier molecular flexibility index (Phi) is 9.02. The smallest absolute Gasteiger partial charge is 0.132 e. The van der Waals surface area contributed by atoms with Gasteiger partial charge in [-0.25, -0.2) is 0 Å². The Morgan fingerprint density at radius 1 is 1.14 bits per heavy atom. The predicted octanol–water partition coefficient (Wildman–Crippen LogP) is 4.35. The molecule has 1 aliphatic rings. The fraction of sp³-hybridized carbons (Fsp3) is 0.923. The minimum absolute atomic E-state index is 0.445. The van der Waals surface area contributed by atoms with Crippen LogP contribution >= 0.6 is 0 Å². The van der Waals surface area contributed by atoms with Gasteiger partial charge in [0.25, 0.3) is 0 Å². The molecule has 0 unspecified atom stereocenters. The maximum Gasteiger partial charge on any atom is 0.132 e. The van der Waals surface area contributed by atoms with Gasteiger partial charge in [-0.15, -0.1) is 0 Å². The molecule has 0 aromatic heterocycles. The van der Waals surface area contributed by atoms with Gasteiger partial charge in [0.2, 0.25) is 0 Å². The third kappa shape index (κ3) is 6.17. The molecule has 14 heavy (non-hydrogen) atoms. The third-order valence-corrected chi connectivity index (χ3v) is 2.95. The van der Waals surface area contributed by atoms with Crippen molar-refractivity contribution in [1.29, 1.82) is 0 Å². The number of hydrogen-bond donors (Lipinski definition) is 0. The van der Waals surface area contributed by atoms with E-state index in [0.29, 0.717) is 5.78 Å². The molecule has 0 bridgehead atoms. The summed E-state index contributed by atoms with van der Waals surface area (Å²) in [4.78, 5) is 11.1. The van der Waals surface area contributed by atoms with Crippen LogP contribution in [0.4, 0.5) is 0 Å². The lowest BCUT2D eigenvalue weighted by atomic mass is 9.85. The lowest BCUT2D eigenvalue weighted by Crippen LogP contribution is -2.08. The predicted molar refractivity (Wildman–Crippen MR) is 62.5 cm³/mol. The van der Waals surface area contributed by atoms with Gasteiger partial charge in [0.05, 0.1) is 0 Å². The van der Waals surface area contributed by atoms with E-state index in [2.05, 4.69) is 0 Å². The first-order chi connectivity index (χ1) is 6.83. The van der Waals surface area contributed by atoms with E-state index in [1.165, 1.54) is 32.1 Å². The van der Waals surface area contributed by atoms with Crippen molar-refractivity contribution in [3.63, 3.8) is 0 Å². The van der Waals surface area contributed by atoms with E-state index in [1.54, 1.807) is 0 Å². The first-order valence-corrected chi connectivity index (χ1v) is 6.34. The monoisotopic (exact) mass is 198 g/mol. The summed E-state index contributed by atoms with van der Waals surface area (Å²) < 4.78 is 0. The van der Waals surface area contributed by atoms with E-state index < -0.39 is 0 Å². The molecule has 84 valence electrons. The quantitative estimate of drug-likeness (QED) is 0.656. The first-order valence-electron chi connectivity index (χ1n) is 6.34. The summed E-state index contributed by atoms with van der Waals surface area (Å²) in [5, 5.41) is 0. The van der Waals surface area contributed by atoms with E-state index in [1.807, 2.05) is 20.8 Å². The molecule has 0 aliphatic heterocycles. The van der Waals surface area contributed by atoms with Gasteiger partial charge in [0.15, 0.2) is 0 Å². The molecule has 0 aromatic rings. The molecule has 1 heteroatoms. The van der Waals surface area contributed by atoms with Gasteiger partial charge in [-0.1, -0.05) is 52.9 Å². The van der Waals surface area contributed by atoms with Gasteiger partial charge in [-0.3, -0.25) is 4.79 Å². The van der Waals surface area contributed by atoms with E-state index in [0.717, 1.165) is 25.2 Å². The van der Waals surface area contributed by atoms with Crippen LogP contribution in [0.15, 0.2) is 0 Å². The summed E-state index contributed by atoms with van der Waals surface area (Å²) in [6.45, 7) is 5.96. The lowest BCUT2D eigenvalue weighted by Gasteiger charge is -2.20. The maximum atomic E-state index is 11.1. The average molecular weight is 198 g/mol. The van der Waals surface area contributed by atoms with Crippen LogP contribution in [-0.2, 0) is 4.79 Å². The minimum Gasteiger partial charge on any atom is -0.300 e. The second-order valence-corrected chi connectivity index (χ2v) is 3.93. The van der Waals surface area contributed by atoms with E-state index >= 15 is 0 Å². The Balaban J connectivity index is 0.000000791. The van der Waals surface area contributed by atoms with Gasteiger partial charge < -0.3 is 0 Å². The molecule has 1 rings (SSSR count). The zero-order valence-corrected chi connectivity index (χ0v) is 10.1. The zero-order chi connectivity index (χ0) is 10.8. The van der Waals surface area contributed by atoms with Crippen LogP contribution in [0.5, 0.6) is 0 Å². The van der Waals surface area contributed by atoms with E-state index in [9.17, 15) is 4.79 Å². The second-order valence-electron chi connectivity index (χ2n) is 3.93. The molecule has 1 fully saturated rings. The molecule has 0 spiro atoms. The second kappa shape index (κ2) is 9.23. The molecule has 0 atom stereocenters. The van der Waals surface area contributed by atoms with Crippen molar-refractivity contribution in [2.45, 2.75) is 72.1 Å². The minimum atomic E-state index is 0.445. The third-order valence-electron chi connectivity index (χ3n) is 2.95. The van der Waals surface area contributed by atoms with Crippen molar-refractivity contribution in [2.24, 2.45) is 5.92 Å². The van der Waals surface area contributed by atoms with Gasteiger partial charge in [-0.2, -0.15) is 0 Å². The summed E-state index contributed by atoms with van der Waals surface area (Å²) in [5.74, 6) is 1.31. The normalized spacial score (nSPS) is 17.1. The largest absolute Gasteiger partial charge is 0.300 e. The molecule has 1 saturated carbocycles. The van der Waals surface area contributed by atoms with Gasteiger partial charge >= 0.3 is 0 Å². The van der Waals surface area contributed by atoms with E-state index in [4.69, 9.17) is 0 Å². The van der Waals surface area contributed by atoms with Crippen LogP contribution in [0.2, 0.25) is 0 Å². The SMILES string of the molecule is CC.CCC(=O)CCC1CCCCC1. The van der Waals surface area contributed by atoms with Gasteiger partial charge in [0.1, 0.15) is 5.78 Å². The molecular formula is C13H26O. The van der Waals surface area contributed by atoms with Crippen molar-refractivity contribution in [1.82, 2.24) is 0 Å². The Labute approximate surface area is 89.3 Å². The topological polar surface area (TPSA) is 17.1 Å². The Hall–Kier alpha value is -0.330. The van der Waals surface area contributed by atoms with Crippen LogP contribution in [0.1, 0.15) is 72.1 Å². The number of Topliss-reactive ketones (excluding diaryl/α,β-unsaturated/α-hetero) is 1. The molecule has 0 radical (unpaired) electrons. The number of hydrogen-bond acceptors (Lipinski definition) is 1. The fourth-order valence-corrected chi connectivity index (χ4v) is 2.02. The van der Waals surface area contributed by atoms with Crippen LogP contribution in [0.25, 0.3) is 0 Å². The highest BCUT2D eigenvalue weighted by Gasteiger charge is 2.13. The number of carbonyl (C=O) groups excluding carboxylic acids is 1. The molecule has 0 saturated heterocycles. The van der Waals surface area contributed by atoms with Crippen molar-refractivity contribution in [3.05, 3.63) is 0 Å². The molecule has 0 heterocycles. The highest BCUT2D eigenvalue weighted by Crippen LogP contribution is 2.27. The van der Waals surface area contributed by atoms with E-state index in [-0.39, 0.29) is 0 Å². The van der Waals surface area contributed by atoms with Crippen molar-refractivity contribution in [3.8, 4) is 0 Å². The van der Waals surface area contributed by atoms with Crippen LogP contribution < -0.4 is 0 Å². The van der Waals surface area contributed by atoms with Crippen molar-refractivity contribution < 1.29 is 4.79 Å². The molecule has 0 amide bonds. The first kappa shape index (κ1) is 13.7.